The van der Waals surface area contributed by atoms with Crippen LogP contribution in [0.1, 0.15) is 57.7 Å². The van der Waals surface area contributed by atoms with Gasteiger partial charge in [-0.15, -0.1) is 10.2 Å². The largest absolute Gasteiger partial charge is 0.424 e. The van der Waals surface area contributed by atoms with Crippen LogP contribution in [0.25, 0.3) is 0 Å². The number of aromatic nitrogens is 2. The van der Waals surface area contributed by atoms with Crippen LogP contribution in [-0.4, -0.2) is 52.1 Å². The number of amides is 1. The van der Waals surface area contributed by atoms with E-state index < -0.39 is 0 Å². The average Bonchev–Trinajstić information content (AvgIpc) is 2.94. The predicted molar refractivity (Wildman–Crippen MR) is 79.8 cm³/mol. The van der Waals surface area contributed by atoms with Crippen LogP contribution in [-0.2, 0) is 11.3 Å². The van der Waals surface area contributed by atoms with Crippen LogP contribution in [0.2, 0.25) is 0 Å². The molecule has 118 valence electrons. The Hall–Kier alpha value is -1.43. The highest BCUT2D eigenvalue weighted by Gasteiger charge is 2.22. The molecule has 0 radical (unpaired) electrons. The molecule has 1 aromatic heterocycles. The molecule has 21 heavy (non-hydrogen) atoms. The summed E-state index contributed by atoms with van der Waals surface area (Å²) in [7, 11) is 0. The highest BCUT2D eigenvalue weighted by atomic mass is 16.4. The second kappa shape index (κ2) is 7.54. The van der Waals surface area contributed by atoms with Crippen LogP contribution in [0.15, 0.2) is 4.42 Å². The quantitative estimate of drug-likeness (QED) is 0.803. The van der Waals surface area contributed by atoms with E-state index in [0.29, 0.717) is 24.7 Å². The fourth-order valence-electron chi connectivity index (χ4n) is 2.40. The van der Waals surface area contributed by atoms with Gasteiger partial charge in [0.05, 0.1) is 6.54 Å². The minimum atomic E-state index is 0.263. The fraction of sp³-hybridized carbons (Fsp3) is 0.800. The topological polar surface area (TPSA) is 62.5 Å². The van der Waals surface area contributed by atoms with Gasteiger partial charge in [0.1, 0.15) is 0 Å². The molecule has 0 aromatic carbocycles. The van der Waals surface area contributed by atoms with Crippen molar-refractivity contribution in [1.82, 2.24) is 20.0 Å². The summed E-state index contributed by atoms with van der Waals surface area (Å²) < 4.78 is 5.63. The lowest BCUT2D eigenvalue weighted by Gasteiger charge is -2.34. The van der Waals surface area contributed by atoms with Crippen molar-refractivity contribution in [2.45, 2.75) is 52.5 Å². The van der Waals surface area contributed by atoms with E-state index in [1.54, 1.807) is 0 Å². The summed E-state index contributed by atoms with van der Waals surface area (Å²) in [4.78, 5) is 16.2. The number of hydrogen-bond acceptors (Lipinski definition) is 5. The van der Waals surface area contributed by atoms with Crippen LogP contribution in [0.3, 0.4) is 0 Å². The predicted octanol–water partition coefficient (Wildman–Crippen LogP) is 2.03. The summed E-state index contributed by atoms with van der Waals surface area (Å²) in [6.45, 7) is 10.2. The maximum absolute atomic E-state index is 12.0. The third-order valence-electron chi connectivity index (χ3n) is 3.80. The second-order valence-corrected chi connectivity index (χ2v) is 5.95. The molecule has 1 aliphatic heterocycles. The van der Waals surface area contributed by atoms with Gasteiger partial charge in [-0.2, -0.15) is 0 Å². The van der Waals surface area contributed by atoms with E-state index in [9.17, 15) is 4.79 Å². The Morgan fingerprint density at radius 2 is 1.95 bits per heavy atom. The lowest BCUT2D eigenvalue weighted by atomic mass is 10.2. The molecule has 2 heterocycles. The zero-order valence-corrected chi connectivity index (χ0v) is 13.3. The van der Waals surface area contributed by atoms with Gasteiger partial charge in [-0.05, 0) is 6.42 Å². The molecule has 6 heteroatoms. The molecule has 0 spiro atoms. The Bertz CT molecular complexity index is 450. The molecule has 0 unspecified atom stereocenters. The first kappa shape index (κ1) is 15.9. The standard InChI is InChI=1S/C15H26N4O2/c1-4-5-6-14(20)19-9-7-18(8-10-19)11-13-16-17-15(21-13)12(2)3/h12H,4-11H2,1-3H3. The van der Waals surface area contributed by atoms with Crippen molar-refractivity contribution in [3.8, 4) is 0 Å². The lowest BCUT2D eigenvalue weighted by Crippen LogP contribution is -2.48. The summed E-state index contributed by atoms with van der Waals surface area (Å²) >= 11 is 0. The van der Waals surface area contributed by atoms with Crippen molar-refractivity contribution in [3.05, 3.63) is 11.8 Å². The Morgan fingerprint density at radius 3 is 2.52 bits per heavy atom. The van der Waals surface area contributed by atoms with Gasteiger partial charge >= 0.3 is 0 Å². The van der Waals surface area contributed by atoms with Crippen molar-refractivity contribution in [2.24, 2.45) is 0 Å². The number of hydrogen-bond donors (Lipinski definition) is 0. The van der Waals surface area contributed by atoms with Crippen molar-refractivity contribution >= 4 is 5.91 Å². The number of rotatable bonds is 6. The maximum Gasteiger partial charge on any atom is 0.230 e. The lowest BCUT2D eigenvalue weighted by molar-refractivity contribution is -0.133. The minimum Gasteiger partial charge on any atom is -0.424 e. The highest BCUT2D eigenvalue weighted by molar-refractivity contribution is 5.76. The average molecular weight is 294 g/mol. The molecule has 1 amide bonds. The summed E-state index contributed by atoms with van der Waals surface area (Å²) in [6, 6.07) is 0. The Balaban J connectivity index is 1.77. The number of unbranched alkanes of at least 4 members (excludes halogenated alkanes) is 1. The van der Waals surface area contributed by atoms with Gasteiger partial charge in [0.15, 0.2) is 0 Å². The minimum absolute atomic E-state index is 0.263. The molecule has 1 aliphatic rings. The summed E-state index contributed by atoms with van der Waals surface area (Å²) in [6.07, 6.45) is 2.73. The van der Waals surface area contributed by atoms with Crippen LogP contribution < -0.4 is 0 Å². The Morgan fingerprint density at radius 1 is 1.24 bits per heavy atom. The molecular formula is C15H26N4O2. The van der Waals surface area contributed by atoms with Gasteiger partial charge in [0, 0.05) is 38.5 Å². The normalized spacial score (nSPS) is 16.7. The monoisotopic (exact) mass is 294 g/mol. The van der Waals surface area contributed by atoms with Crippen molar-refractivity contribution in [2.75, 3.05) is 26.2 Å². The maximum atomic E-state index is 12.0. The molecule has 1 saturated heterocycles. The molecular weight excluding hydrogens is 268 g/mol. The zero-order chi connectivity index (χ0) is 15.2. The van der Waals surface area contributed by atoms with E-state index in [1.807, 2.05) is 18.7 Å². The van der Waals surface area contributed by atoms with Gasteiger partial charge in [0.2, 0.25) is 17.7 Å². The molecule has 1 fully saturated rings. The van der Waals surface area contributed by atoms with Gasteiger partial charge in [-0.3, -0.25) is 9.69 Å². The number of nitrogens with zero attached hydrogens (tertiary/aromatic N) is 4. The third kappa shape index (κ3) is 4.52. The number of piperazine rings is 1. The van der Waals surface area contributed by atoms with Gasteiger partial charge in [0.25, 0.3) is 0 Å². The zero-order valence-electron chi connectivity index (χ0n) is 13.3. The van der Waals surface area contributed by atoms with Crippen LogP contribution in [0.4, 0.5) is 0 Å². The molecule has 1 aromatic rings. The summed E-state index contributed by atoms with van der Waals surface area (Å²) in [5, 5.41) is 8.14. The van der Waals surface area contributed by atoms with Crippen LogP contribution >= 0.6 is 0 Å². The van der Waals surface area contributed by atoms with E-state index in [1.165, 1.54) is 0 Å². The van der Waals surface area contributed by atoms with E-state index in [-0.39, 0.29) is 11.8 Å². The van der Waals surface area contributed by atoms with Crippen LogP contribution in [0, 0.1) is 0 Å². The Kier molecular flexibility index (Phi) is 5.73. The molecule has 0 saturated carbocycles. The molecule has 0 atom stereocenters. The molecule has 0 N–H and O–H groups in total. The van der Waals surface area contributed by atoms with E-state index in [0.717, 1.165) is 39.0 Å². The number of carbonyl (C=O) groups excluding carboxylic acids is 1. The van der Waals surface area contributed by atoms with Crippen molar-refractivity contribution in [1.29, 1.82) is 0 Å². The SMILES string of the molecule is CCCCC(=O)N1CCN(Cc2nnc(C(C)C)o2)CC1. The van der Waals surface area contributed by atoms with Crippen molar-refractivity contribution in [3.63, 3.8) is 0 Å². The smallest absolute Gasteiger partial charge is 0.230 e. The first-order valence-corrected chi connectivity index (χ1v) is 7.92. The first-order valence-electron chi connectivity index (χ1n) is 7.92. The van der Waals surface area contributed by atoms with Gasteiger partial charge in [-0.25, -0.2) is 0 Å². The second-order valence-electron chi connectivity index (χ2n) is 5.95. The number of carbonyl (C=O) groups is 1. The van der Waals surface area contributed by atoms with E-state index in [2.05, 4.69) is 22.0 Å². The van der Waals surface area contributed by atoms with Crippen LogP contribution in [0.5, 0.6) is 0 Å². The van der Waals surface area contributed by atoms with Gasteiger partial charge in [-0.1, -0.05) is 27.2 Å². The third-order valence-corrected chi connectivity index (χ3v) is 3.80. The highest BCUT2D eigenvalue weighted by Crippen LogP contribution is 2.14. The van der Waals surface area contributed by atoms with Crippen molar-refractivity contribution < 1.29 is 9.21 Å². The summed E-state index contributed by atoms with van der Waals surface area (Å²) in [5.41, 5.74) is 0. The van der Waals surface area contributed by atoms with Gasteiger partial charge < -0.3 is 9.32 Å². The molecule has 0 aliphatic carbocycles. The Labute approximate surface area is 126 Å². The summed E-state index contributed by atoms with van der Waals surface area (Å²) in [5.74, 6) is 1.92. The first-order chi connectivity index (χ1) is 10.1. The van der Waals surface area contributed by atoms with E-state index >= 15 is 0 Å². The molecule has 0 bridgehead atoms. The molecule has 2 rings (SSSR count). The van der Waals surface area contributed by atoms with E-state index in [4.69, 9.17) is 4.42 Å². The molecule has 6 nitrogen and oxygen atoms in total. The fourth-order valence-corrected chi connectivity index (χ4v) is 2.40.